The molecule has 0 spiro atoms. The molecule has 0 N–H and O–H groups in total. The molecule has 1 aromatic carbocycles. The summed E-state index contributed by atoms with van der Waals surface area (Å²) < 4.78 is 15.9. The van der Waals surface area contributed by atoms with E-state index in [2.05, 4.69) is 15.0 Å². The number of carbonyl (C=O) groups excluding carboxylic acids is 1. The smallest absolute Gasteiger partial charge is 0.244 e. The number of carbonyl (C=O) groups is 1. The maximum Gasteiger partial charge on any atom is 0.244 e. The van der Waals surface area contributed by atoms with E-state index in [4.69, 9.17) is 0 Å². The average Bonchev–Trinajstić information content (AvgIpc) is 3.26. The van der Waals surface area contributed by atoms with Gasteiger partial charge in [0.25, 0.3) is 0 Å². The first-order valence-electron chi connectivity index (χ1n) is 8.38. The van der Waals surface area contributed by atoms with Gasteiger partial charge in [-0.25, -0.2) is 14.1 Å². The zero-order chi connectivity index (χ0) is 16.5. The summed E-state index contributed by atoms with van der Waals surface area (Å²) in [4.78, 5) is 20.6. The first-order chi connectivity index (χ1) is 11.7. The molecule has 2 aromatic rings. The second kappa shape index (κ2) is 6.32. The van der Waals surface area contributed by atoms with Gasteiger partial charge in [0.05, 0.1) is 17.8 Å². The first kappa shape index (κ1) is 15.3. The summed E-state index contributed by atoms with van der Waals surface area (Å²) in [5, 5.41) is 4.21. The number of amides is 1. The Bertz CT molecular complexity index is 712. The molecule has 6 nitrogen and oxygen atoms in total. The predicted octanol–water partition coefficient (Wildman–Crippen LogP) is 1.86. The lowest BCUT2D eigenvalue weighted by molar-refractivity contribution is -0.122. The Balaban J connectivity index is 1.42. The van der Waals surface area contributed by atoms with Gasteiger partial charge in [-0.3, -0.25) is 9.69 Å². The number of anilines is 1. The second-order valence-corrected chi connectivity index (χ2v) is 6.39. The molecule has 2 saturated heterocycles. The molecule has 1 atom stereocenters. The van der Waals surface area contributed by atoms with Crippen LogP contribution in [-0.2, 0) is 4.79 Å². The molecule has 24 heavy (non-hydrogen) atoms. The number of halogens is 1. The third-order valence-corrected chi connectivity index (χ3v) is 5.07. The summed E-state index contributed by atoms with van der Waals surface area (Å²) in [7, 11) is 0. The lowest BCUT2D eigenvalue weighted by Gasteiger charge is -2.35. The van der Waals surface area contributed by atoms with Gasteiger partial charge in [-0.05, 0) is 31.4 Å². The topological polar surface area (TPSA) is 54.3 Å². The van der Waals surface area contributed by atoms with Crippen LogP contribution < -0.4 is 4.90 Å². The van der Waals surface area contributed by atoms with E-state index in [-0.39, 0.29) is 17.8 Å². The number of benzene rings is 1. The van der Waals surface area contributed by atoms with Crippen molar-refractivity contribution < 1.29 is 9.18 Å². The minimum absolute atomic E-state index is 0.0132. The average molecular weight is 329 g/mol. The third kappa shape index (κ3) is 2.69. The molecule has 126 valence electrons. The van der Waals surface area contributed by atoms with E-state index in [1.165, 1.54) is 6.07 Å². The van der Waals surface area contributed by atoms with E-state index < -0.39 is 0 Å². The van der Waals surface area contributed by atoms with E-state index in [1.807, 2.05) is 4.68 Å². The summed E-state index contributed by atoms with van der Waals surface area (Å²) in [6.45, 7) is 2.28. The molecule has 0 aliphatic carbocycles. The van der Waals surface area contributed by atoms with Gasteiger partial charge in [-0.15, -0.1) is 0 Å². The Morgan fingerprint density at radius 1 is 1.08 bits per heavy atom. The summed E-state index contributed by atoms with van der Waals surface area (Å²) in [6, 6.07) is 6.70. The van der Waals surface area contributed by atoms with Crippen molar-refractivity contribution in [1.82, 2.24) is 19.7 Å². The van der Waals surface area contributed by atoms with Crippen LogP contribution in [0.5, 0.6) is 0 Å². The Kier molecular flexibility index (Phi) is 4.02. The van der Waals surface area contributed by atoms with Gasteiger partial charge in [0.2, 0.25) is 5.91 Å². The van der Waals surface area contributed by atoms with E-state index >= 15 is 0 Å². The fraction of sp³-hybridized carbons (Fsp3) is 0.471. The summed E-state index contributed by atoms with van der Waals surface area (Å²) in [5.74, 6) is -0.323. The fourth-order valence-corrected chi connectivity index (χ4v) is 3.78. The molecule has 2 fully saturated rings. The lowest BCUT2D eigenvalue weighted by atomic mass is 10.0. The van der Waals surface area contributed by atoms with Gasteiger partial charge in [-0.1, -0.05) is 12.1 Å². The molecule has 2 aliphatic rings. The third-order valence-electron chi connectivity index (χ3n) is 5.07. The highest BCUT2D eigenvalue weighted by Crippen LogP contribution is 2.30. The lowest BCUT2D eigenvalue weighted by Crippen LogP contribution is -2.46. The quantitative estimate of drug-likeness (QED) is 0.862. The van der Waals surface area contributed by atoms with E-state index in [0.717, 1.165) is 32.4 Å². The van der Waals surface area contributed by atoms with Crippen molar-refractivity contribution in [2.45, 2.75) is 31.3 Å². The molecule has 1 amide bonds. The minimum atomic E-state index is -0.337. The molecule has 0 saturated carbocycles. The first-order valence-corrected chi connectivity index (χ1v) is 8.38. The highest BCUT2D eigenvalue weighted by molar-refractivity contribution is 5.99. The van der Waals surface area contributed by atoms with Crippen LogP contribution >= 0.6 is 0 Å². The van der Waals surface area contributed by atoms with Crippen LogP contribution in [0.15, 0.2) is 36.9 Å². The molecule has 4 rings (SSSR count). The van der Waals surface area contributed by atoms with Crippen LogP contribution in [0.25, 0.3) is 0 Å². The Morgan fingerprint density at radius 2 is 1.88 bits per heavy atom. The Morgan fingerprint density at radius 3 is 2.58 bits per heavy atom. The summed E-state index contributed by atoms with van der Waals surface area (Å²) >= 11 is 0. The van der Waals surface area contributed by atoms with E-state index in [9.17, 15) is 9.18 Å². The number of hydrogen-bond donors (Lipinski definition) is 0. The summed E-state index contributed by atoms with van der Waals surface area (Å²) in [5.41, 5.74) is 0.391. The zero-order valence-electron chi connectivity index (χ0n) is 13.4. The van der Waals surface area contributed by atoms with Gasteiger partial charge in [0, 0.05) is 19.6 Å². The largest absolute Gasteiger partial charge is 0.308 e. The van der Waals surface area contributed by atoms with Gasteiger partial charge in [0.15, 0.2) is 0 Å². The highest BCUT2D eigenvalue weighted by atomic mass is 19.1. The van der Waals surface area contributed by atoms with Crippen LogP contribution in [0.1, 0.15) is 25.3 Å². The van der Waals surface area contributed by atoms with Crippen LogP contribution in [0.3, 0.4) is 0 Å². The number of aromatic nitrogens is 3. The van der Waals surface area contributed by atoms with Crippen molar-refractivity contribution >= 4 is 11.6 Å². The zero-order valence-corrected chi connectivity index (χ0v) is 13.4. The SMILES string of the molecule is O=C1C(N2CCC(n3cncn3)CC2)CCN1c1ccccc1F. The second-order valence-electron chi connectivity index (χ2n) is 6.39. The standard InChI is InChI=1S/C17H20FN5O/c18-14-3-1-2-4-15(14)22-10-7-16(17(22)24)21-8-5-13(6-9-21)23-12-19-11-20-23/h1-4,11-13,16H,5-10H2. The van der Waals surface area contributed by atoms with Crippen molar-refractivity contribution in [2.24, 2.45) is 0 Å². The normalized spacial score (nSPS) is 23.1. The highest BCUT2D eigenvalue weighted by Gasteiger charge is 2.38. The molecule has 1 unspecified atom stereocenters. The number of nitrogens with zero attached hydrogens (tertiary/aromatic N) is 5. The Hall–Kier alpha value is -2.28. The van der Waals surface area contributed by atoms with E-state index in [0.29, 0.717) is 18.3 Å². The number of rotatable bonds is 3. The van der Waals surface area contributed by atoms with Crippen molar-refractivity contribution in [1.29, 1.82) is 0 Å². The van der Waals surface area contributed by atoms with Gasteiger partial charge < -0.3 is 4.90 Å². The molecule has 2 aliphatic heterocycles. The van der Waals surface area contributed by atoms with Gasteiger partial charge >= 0.3 is 0 Å². The monoisotopic (exact) mass is 329 g/mol. The predicted molar refractivity (Wildman–Crippen MR) is 87.0 cm³/mol. The maximum atomic E-state index is 14.0. The van der Waals surface area contributed by atoms with Crippen LogP contribution in [0, 0.1) is 5.82 Å². The van der Waals surface area contributed by atoms with Gasteiger partial charge in [0.1, 0.15) is 18.5 Å². The molecule has 1 aromatic heterocycles. The molecule has 3 heterocycles. The molecular formula is C17H20FN5O. The molecule has 0 bridgehead atoms. The molecular weight excluding hydrogens is 309 g/mol. The number of para-hydroxylation sites is 1. The van der Waals surface area contributed by atoms with E-state index in [1.54, 1.807) is 35.8 Å². The number of piperidine rings is 1. The van der Waals surface area contributed by atoms with Crippen LogP contribution in [-0.4, -0.2) is 51.2 Å². The number of hydrogen-bond acceptors (Lipinski definition) is 4. The van der Waals surface area contributed by atoms with Crippen LogP contribution in [0.4, 0.5) is 10.1 Å². The van der Waals surface area contributed by atoms with Crippen molar-refractivity contribution in [3.05, 3.63) is 42.7 Å². The Labute approximate surface area is 139 Å². The minimum Gasteiger partial charge on any atom is -0.308 e. The molecule has 0 radical (unpaired) electrons. The van der Waals surface area contributed by atoms with Gasteiger partial charge in [-0.2, -0.15) is 5.10 Å². The molecule has 7 heteroatoms. The number of likely N-dealkylation sites (tertiary alicyclic amines) is 1. The van der Waals surface area contributed by atoms with Crippen LogP contribution in [0.2, 0.25) is 0 Å². The van der Waals surface area contributed by atoms with Crippen molar-refractivity contribution in [3.63, 3.8) is 0 Å². The summed E-state index contributed by atoms with van der Waals surface area (Å²) in [6.07, 6.45) is 5.96. The van der Waals surface area contributed by atoms with Crippen molar-refractivity contribution in [3.8, 4) is 0 Å². The maximum absolute atomic E-state index is 14.0. The fourth-order valence-electron chi connectivity index (χ4n) is 3.78. The van der Waals surface area contributed by atoms with Crippen molar-refractivity contribution in [2.75, 3.05) is 24.5 Å².